The van der Waals surface area contributed by atoms with E-state index in [2.05, 4.69) is 48.1 Å². The normalized spacial score (nSPS) is 13.3. The van der Waals surface area contributed by atoms with Gasteiger partial charge in [0, 0.05) is 0 Å². The number of rotatable bonds is 14. The predicted molar refractivity (Wildman–Crippen MR) is 123 cm³/mol. The molecule has 29 heavy (non-hydrogen) atoms. The van der Waals surface area contributed by atoms with Gasteiger partial charge in [0.1, 0.15) is 0 Å². The summed E-state index contributed by atoms with van der Waals surface area (Å²) in [5, 5.41) is 10.6. The Morgan fingerprint density at radius 3 is 1.86 bits per heavy atom. The fourth-order valence-electron chi connectivity index (χ4n) is 4.22. The number of fused-ring (bicyclic) bond motifs is 1. The van der Waals surface area contributed by atoms with Crippen LogP contribution >= 0.6 is 6.83 Å². The van der Waals surface area contributed by atoms with Gasteiger partial charge in [-0.2, -0.15) is 0 Å². The molecule has 0 spiro atoms. The molecule has 2 rings (SSSR count). The van der Waals surface area contributed by atoms with Crippen molar-refractivity contribution in [3.8, 4) is 0 Å². The number of aromatic nitrogens is 4. The van der Waals surface area contributed by atoms with E-state index < -0.39 is 6.83 Å². The van der Waals surface area contributed by atoms with Crippen LogP contribution in [0.15, 0.2) is 12.1 Å². The summed E-state index contributed by atoms with van der Waals surface area (Å²) >= 11 is 0. The number of aromatic amines is 1. The van der Waals surface area contributed by atoms with E-state index in [0.29, 0.717) is 16.9 Å². The first-order chi connectivity index (χ1) is 14.0. The molecule has 0 saturated heterocycles. The molecule has 2 aromatic heterocycles. The molecule has 164 valence electrons. The molecule has 2 heterocycles. The number of carbonyl (C=O) groups is 1. The van der Waals surface area contributed by atoms with Gasteiger partial charge in [-0.15, -0.1) is 0 Å². The average Bonchev–Trinajstić information content (AvgIpc) is 3.22. The zero-order valence-corrected chi connectivity index (χ0v) is 19.6. The Morgan fingerprint density at radius 2 is 1.38 bits per heavy atom. The molecule has 0 aromatic carbocycles. The molecule has 0 radical (unpaired) electrons. The summed E-state index contributed by atoms with van der Waals surface area (Å²) in [5.41, 5.74) is 1.47. The van der Waals surface area contributed by atoms with E-state index in [4.69, 9.17) is 4.52 Å². The molecule has 1 N–H and O–H groups in total. The van der Waals surface area contributed by atoms with Gasteiger partial charge in [0.25, 0.3) is 0 Å². The molecule has 0 unspecified atom stereocenters. The number of nitrogens with zero attached hydrogens (tertiary/aromatic N) is 3. The van der Waals surface area contributed by atoms with Crippen LogP contribution in [0.4, 0.5) is 0 Å². The minimum atomic E-state index is -2.66. The van der Waals surface area contributed by atoms with Crippen molar-refractivity contribution in [2.24, 2.45) is 0 Å². The Hall–Kier alpha value is -1.55. The Bertz CT molecular complexity index is 734. The molecule has 0 aliphatic carbocycles. The second-order valence-electron chi connectivity index (χ2n) is 8.41. The number of hydrogen-bond acceptors (Lipinski definition) is 5. The van der Waals surface area contributed by atoms with Gasteiger partial charge in [0.2, 0.25) is 0 Å². The van der Waals surface area contributed by atoms with Crippen LogP contribution in [-0.2, 0) is 4.52 Å². The van der Waals surface area contributed by atoms with Gasteiger partial charge in [0.15, 0.2) is 0 Å². The fraction of sp³-hybridized carbons (Fsp3) is 0.727. The van der Waals surface area contributed by atoms with Crippen molar-refractivity contribution in [2.75, 3.05) is 24.6 Å². The van der Waals surface area contributed by atoms with Crippen molar-refractivity contribution in [3.05, 3.63) is 17.8 Å². The molecule has 2 aromatic rings. The first-order valence-corrected chi connectivity index (χ1v) is 14.3. The summed E-state index contributed by atoms with van der Waals surface area (Å²) in [6.45, 7) is 6.26. The Morgan fingerprint density at radius 1 is 0.862 bits per heavy atom. The predicted octanol–water partition coefficient (Wildman–Crippen LogP) is 6.18. The average molecular weight is 423 g/mol. The number of hydrogen-bond donors (Lipinski definition) is 1. The summed E-state index contributed by atoms with van der Waals surface area (Å²) in [4.78, 5) is 17.8. The van der Waals surface area contributed by atoms with Crippen LogP contribution in [0.25, 0.3) is 11.2 Å². The number of carbonyl (C=O) groups excluding carboxylic acids is 1. The van der Waals surface area contributed by atoms with E-state index in [0.717, 1.165) is 76.0 Å². The quantitative estimate of drug-likeness (QED) is 0.368. The molecule has 7 heteroatoms. The summed E-state index contributed by atoms with van der Waals surface area (Å²) in [6.07, 6.45) is 13.2. The van der Waals surface area contributed by atoms with Gasteiger partial charge in [-0.1, -0.05) is 0 Å². The van der Waals surface area contributed by atoms with E-state index in [1.54, 1.807) is 12.1 Å². The van der Waals surface area contributed by atoms with Gasteiger partial charge < -0.3 is 0 Å². The second kappa shape index (κ2) is 11.0. The molecule has 0 amide bonds. The van der Waals surface area contributed by atoms with Gasteiger partial charge in [0.05, 0.1) is 0 Å². The van der Waals surface area contributed by atoms with Crippen molar-refractivity contribution in [1.82, 2.24) is 20.4 Å². The molecule has 0 bridgehead atoms. The maximum atomic E-state index is 13.4. The first-order valence-electron chi connectivity index (χ1n) is 11.4. The van der Waals surface area contributed by atoms with Crippen molar-refractivity contribution >= 4 is 24.0 Å². The summed E-state index contributed by atoms with van der Waals surface area (Å²) in [6, 6.07) is 3.51. The maximum absolute atomic E-state index is 13.4. The van der Waals surface area contributed by atoms with Crippen molar-refractivity contribution in [1.29, 1.82) is 0 Å². The van der Waals surface area contributed by atoms with Gasteiger partial charge in [-0.3, -0.25) is 0 Å². The second-order valence-corrected chi connectivity index (χ2v) is 14.1. The number of nitrogens with one attached hydrogen (secondary N) is 1. The first kappa shape index (κ1) is 23.7. The van der Waals surface area contributed by atoms with Crippen LogP contribution in [0, 0.1) is 0 Å². The Labute approximate surface area is 175 Å². The van der Waals surface area contributed by atoms with Crippen molar-refractivity contribution in [3.63, 3.8) is 0 Å². The number of unbranched alkanes of at least 4 members (excludes halogenated alkanes) is 4. The van der Waals surface area contributed by atoms with Crippen molar-refractivity contribution < 1.29 is 9.32 Å². The third-order valence-electron chi connectivity index (χ3n) is 6.04. The van der Waals surface area contributed by atoms with Crippen LogP contribution in [0.2, 0.25) is 0 Å². The van der Waals surface area contributed by atoms with Crippen LogP contribution in [-0.4, -0.2) is 51.0 Å². The third kappa shape index (κ3) is 5.97. The monoisotopic (exact) mass is 422 g/mol. The molecule has 0 aliphatic rings. The summed E-state index contributed by atoms with van der Waals surface area (Å²) < 4.78 is 6.72. The standard InChI is InChI=1S/C22H39N4O2P/c1-5-9-15-29(16-10-6-2,17-11-7-3,18-12-8-4)28-22(27)20-14-13-19-21(23-20)25-26-24-19/h13-14H,5-12,15-18H2,1-4H3,(H,23,24,25,26). The van der Waals surface area contributed by atoms with Gasteiger partial charge >= 0.3 is 175 Å². The van der Waals surface area contributed by atoms with Gasteiger partial charge in [-0.05, 0) is 0 Å². The Balaban J connectivity index is 2.43. The molecule has 0 saturated carbocycles. The SMILES string of the molecule is CCCCP(CCCC)(CCCC)(CCCC)OC(=O)c1ccc2n[nH]nc2n1. The molecule has 6 nitrogen and oxygen atoms in total. The minimum absolute atomic E-state index is 0.271. The zero-order valence-electron chi connectivity index (χ0n) is 18.7. The van der Waals surface area contributed by atoms with Crippen LogP contribution in [0.3, 0.4) is 0 Å². The number of H-pyrrole nitrogens is 1. The van der Waals surface area contributed by atoms with E-state index in [9.17, 15) is 4.79 Å². The molecule has 0 aliphatic heterocycles. The summed E-state index contributed by atoms with van der Waals surface area (Å²) in [7, 11) is 0. The zero-order chi connectivity index (χ0) is 21.2. The Kier molecular flexibility index (Phi) is 9.01. The van der Waals surface area contributed by atoms with E-state index in [1.807, 2.05) is 0 Å². The molecular formula is C22H39N4O2P. The summed E-state index contributed by atoms with van der Waals surface area (Å²) in [5.74, 6) is -0.271. The van der Waals surface area contributed by atoms with Crippen LogP contribution < -0.4 is 0 Å². The third-order valence-corrected chi connectivity index (χ3v) is 12.5. The van der Waals surface area contributed by atoms with Crippen molar-refractivity contribution in [2.45, 2.75) is 79.1 Å². The van der Waals surface area contributed by atoms with E-state index >= 15 is 0 Å². The fourth-order valence-corrected chi connectivity index (χ4v) is 11.0. The number of pyridine rings is 1. The molecular weight excluding hydrogens is 383 g/mol. The van der Waals surface area contributed by atoms with E-state index in [-0.39, 0.29) is 5.97 Å². The van der Waals surface area contributed by atoms with E-state index in [1.165, 1.54) is 0 Å². The van der Waals surface area contributed by atoms with Crippen LogP contribution in [0.1, 0.15) is 89.5 Å². The van der Waals surface area contributed by atoms with Gasteiger partial charge in [-0.25, -0.2) is 0 Å². The topological polar surface area (TPSA) is 80.8 Å². The molecule has 0 atom stereocenters. The molecule has 0 fully saturated rings. The van der Waals surface area contributed by atoms with Crippen LogP contribution in [0.5, 0.6) is 0 Å².